The van der Waals surface area contributed by atoms with Crippen molar-refractivity contribution in [2.45, 2.75) is 12.8 Å². The molecule has 1 heterocycles. The third-order valence-corrected chi connectivity index (χ3v) is 3.75. The number of nitrogens with one attached hydrogen (secondary N) is 1. The summed E-state index contributed by atoms with van der Waals surface area (Å²) in [6.45, 7) is 0. The lowest BCUT2D eigenvalue weighted by molar-refractivity contribution is -0.111. The number of hydrogen-bond acceptors (Lipinski definition) is 3. The Kier molecular flexibility index (Phi) is 3.22. The molecule has 1 atom stereocenters. The van der Waals surface area contributed by atoms with Crippen LogP contribution in [0.15, 0.2) is 60.0 Å². The highest BCUT2D eigenvalue weighted by Crippen LogP contribution is 2.31. The number of benzene rings is 1. The summed E-state index contributed by atoms with van der Waals surface area (Å²) in [5.41, 5.74) is 3.35. The fourth-order valence-electron chi connectivity index (χ4n) is 2.66. The molecule has 20 heavy (non-hydrogen) atoms. The Labute approximate surface area is 117 Å². The van der Waals surface area contributed by atoms with Crippen molar-refractivity contribution in [3.63, 3.8) is 0 Å². The van der Waals surface area contributed by atoms with Crippen LogP contribution >= 0.6 is 0 Å². The van der Waals surface area contributed by atoms with E-state index in [-0.39, 0.29) is 17.3 Å². The van der Waals surface area contributed by atoms with Gasteiger partial charge in [-0.25, -0.2) is 0 Å². The first-order chi connectivity index (χ1) is 9.79. The van der Waals surface area contributed by atoms with E-state index in [4.69, 9.17) is 5.26 Å². The molecule has 0 bridgehead atoms. The molecule has 3 nitrogen and oxygen atoms in total. The van der Waals surface area contributed by atoms with Gasteiger partial charge in [0.25, 0.3) is 0 Å². The predicted molar refractivity (Wildman–Crippen MR) is 77.1 cm³/mol. The summed E-state index contributed by atoms with van der Waals surface area (Å²) < 4.78 is 0. The van der Waals surface area contributed by atoms with E-state index < -0.39 is 0 Å². The average Bonchev–Trinajstić information content (AvgIpc) is 2.71. The van der Waals surface area contributed by atoms with Gasteiger partial charge in [-0.05, 0) is 30.1 Å². The van der Waals surface area contributed by atoms with Gasteiger partial charge in [-0.2, -0.15) is 5.26 Å². The minimum absolute atomic E-state index is 0.125. The van der Waals surface area contributed by atoms with Gasteiger partial charge >= 0.3 is 0 Å². The fourth-order valence-corrected chi connectivity index (χ4v) is 2.66. The van der Waals surface area contributed by atoms with E-state index >= 15 is 0 Å². The molecule has 0 radical (unpaired) electrons. The van der Waals surface area contributed by atoms with E-state index in [2.05, 4.69) is 17.4 Å². The zero-order valence-electron chi connectivity index (χ0n) is 11.0. The van der Waals surface area contributed by atoms with Crippen LogP contribution in [0.2, 0.25) is 0 Å². The highest BCUT2D eigenvalue weighted by molar-refractivity contribution is 6.08. The molecule has 1 aliphatic heterocycles. The summed E-state index contributed by atoms with van der Waals surface area (Å²) in [6, 6.07) is 12.2. The standard InChI is InChI=1S/C17H14N2O/c18-10-15-16(20)9-8-13-6-7-14(11-19-17(13)15)12-4-2-1-3-5-12/h1-5,8-9,11,13,19H,6-7H2. The van der Waals surface area contributed by atoms with Gasteiger partial charge in [0, 0.05) is 17.8 Å². The number of allylic oxidation sites excluding steroid dienone is 4. The van der Waals surface area contributed by atoms with Gasteiger partial charge in [0.2, 0.25) is 0 Å². The number of hydrogen-bond donors (Lipinski definition) is 1. The van der Waals surface area contributed by atoms with Crippen LogP contribution in [0.25, 0.3) is 5.57 Å². The third kappa shape index (κ3) is 2.17. The Morgan fingerprint density at radius 3 is 2.80 bits per heavy atom. The van der Waals surface area contributed by atoms with E-state index in [1.54, 1.807) is 0 Å². The molecular formula is C17H14N2O. The van der Waals surface area contributed by atoms with Gasteiger partial charge in [-0.1, -0.05) is 36.4 Å². The Hall–Kier alpha value is -2.60. The highest BCUT2D eigenvalue weighted by Gasteiger charge is 2.26. The summed E-state index contributed by atoms with van der Waals surface area (Å²) in [6.07, 6.45) is 7.16. The topological polar surface area (TPSA) is 52.9 Å². The van der Waals surface area contributed by atoms with Crippen LogP contribution in [0.1, 0.15) is 18.4 Å². The summed E-state index contributed by atoms with van der Waals surface area (Å²) in [7, 11) is 0. The maximum atomic E-state index is 11.7. The zero-order valence-corrected chi connectivity index (χ0v) is 11.0. The van der Waals surface area contributed by atoms with E-state index in [1.807, 2.05) is 36.5 Å². The minimum Gasteiger partial charge on any atom is -0.363 e. The van der Waals surface area contributed by atoms with Crippen molar-refractivity contribution in [2.24, 2.45) is 5.92 Å². The van der Waals surface area contributed by atoms with E-state index in [9.17, 15) is 4.79 Å². The quantitative estimate of drug-likeness (QED) is 0.846. The first-order valence-electron chi connectivity index (χ1n) is 6.67. The summed E-state index contributed by atoms with van der Waals surface area (Å²) in [5.74, 6) is -0.0809. The molecular weight excluding hydrogens is 248 g/mol. The maximum Gasteiger partial charge on any atom is 0.197 e. The van der Waals surface area contributed by atoms with Crippen molar-refractivity contribution in [1.29, 1.82) is 5.26 Å². The molecule has 1 aromatic carbocycles. The molecule has 1 unspecified atom stereocenters. The molecule has 1 aliphatic carbocycles. The first-order valence-corrected chi connectivity index (χ1v) is 6.67. The third-order valence-electron chi connectivity index (χ3n) is 3.75. The summed E-state index contributed by atoms with van der Waals surface area (Å²) >= 11 is 0. The van der Waals surface area contributed by atoms with Crippen LogP contribution in [0.4, 0.5) is 0 Å². The Morgan fingerprint density at radius 2 is 2.05 bits per heavy atom. The van der Waals surface area contributed by atoms with E-state index in [1.165, 1.54) is 17.2 Å². The van der Waals surface area contributed by atoms with Gasteiger partial charge in [-0.3, -0.25) is 4.79 Å². The lowest BCUT2D eigenvalue weighted by atomic mass is 9.88. The highest BCUT2D eigenvalue weighted by atomic mass is 16.1. The van der Waals surface area contributed by atoms with Gasteiger partial charge in [0.05, 0.1) is 0 Å². The van der Waals surface area contributed by atoms with Gasteiger partial charge < -0.3 is 5.32 Å². The molecule has 1 aromatic rings. The number of nitrogens with zero attached hydrogens (tertiary/aromatic N) is 1. The fraction of sp³-hybridized carbons (Fsp3) is 0.176. The summed E-state index contributed by atoms with van der Waals surface area (Å²) in [4.78, 5) is 11.7. The van der Waals surface area contributed by atoms with Crippen molar-refractivity contribution in [2.75, 3.05) is 0 Å². The number of fused-ring (bicyclic) bond motifs is 1. The Balaban J connectivity index is 1.96. The SMILES string of the molecule is N#CC1=C2NC=C(c3ccccc3)CCC2C=CC1=O. The van der Waals surface area contributed by atoms with Gasteiger partial charge in [0.15, 0.2) is 5.78 Å². The second-order valence-electron chi connectivity index (χ2n) is 4.95. The number of carbonyl (C=O) groups is 1. The van der Waals surface area contributed by atoms with Crippen molar-refractivity contribution < 1.29 is 4.79 Å². The first kappa shape index (κ1) is 12.4. The Morgan fingerprint density at radius 1 is 1.25 bits per heavy atom. The number of ketones is 1. The zero-order chi connectivity index (χ0) is 13.9. The van der Waals surface area contributed by atoms with Crippen LogP contribution < -0.4 is 5.32 Å². The maximum absolute atomic E-state index is 11.7. The normalized spacial score (nSPS) is 21.4. The number of rotatable bonds is 1. The molecule has 0 spiro atoms. The lowest BCUT2D eigenvalue weighted by Gasteiger charge is -2.18. The molecule has 0 saturated heterocycles. The second kappa shape index (κ2) is 5.18. The molecule has 0 aromatic heterocycles. The van der Waals surface area contributed by atoms with E-state index in [0.717, 1.165) is 18.5 Å². The van der Waals surface area contributed by atoms with Crippen LogP contribution in [-0.4, -0.2) is 5.78 Å². The Bertz CT molecular complexity index is 675. The van der Waals surface area contributed by atoms with Crippen molar-refractivity contribution >= 4 is 11.4 Å². The second-order valence-corrected chi connectivity index (χ2v) is 4.95. The summed E-state index contributed by atoms with van der Waals surface area (Å²) in [5, 5.41) is 12.3. The van der Waals surface area contributed by atoms with Crippen LogP contribution in [-0.2, 0) is 4.79 Å². The molecule has 3 heteroatoms. The molecule has 0 fully saturated rings. The van der Waals surface area contributed by atoms with Crippen LogP contribution in [0.3, 0.4) is 0 Å². The van der Waals surface area contributed by atoms with Gasteiger partial charge in [-0.15, -0.1) is 0 Å². The van der Waals surface area contributed by atoms with Crippen LogP contribution in [0.5, 0.6) is 0 Å². The molecule has 2 aliphatic rings. The van der Waals surface area contributed by atoms with Gasteiger partial charge in [0.1, 0.15) is 11.6 Å². The number of carbonyl (C=O) groups excluding carboxylic acids is 1. The van der Waals surface area contributed by atoms with Crippen LogP contribution in [0, 0.1) is 17.2 Å². The molecule has 0 amide bonds. The molecule has 98 valence electrons. The average molecular weight is 262 g/mol. The largest absolute Gasteiger partial charge is 0.363 e. The van der Waals surface area contributed by atoms with Crippen molar-refractivity contribution in [3.8, 4) is 6.07 Å². The molecule has 0 saturated carbocycles. The minimum atomic E-state index is -0.206. The molecule has 3 rings (SSSR count). The molecule has 1 N–H and O–H groups in total. The predicted octanol–water partition coefficient (Wildman–Crippen LogP) is 2.94. The number of nitriles is 1. The lowest BCUT2D eigenvalue weighted by Crippen LogP contribution is -2.21. The monoisotopic (exact) mass is 262 g/mol. The van der Waals surface area contributed by atoms with Crippen molar-refractivity contribution in [1.82, 2.24) is 5.32 Å². The smallest absolute Gasteiger partial charge is 0.197 e. The van der Waals surface area contributed by atoms with Crippen molar-refractivity contribution in [3.05, 3.63) is 65.5 Å². The van der Waals surface area contributed by atoms with E-state index in [0.29, 0.717) is 0 Å².